The Morgan fingerprint density at radius 1 is 1.27 bits per heavy atom. The summed E-state index contributed by atoms with van der Waals surface area (Å²) in [5, 5.41) is 12.9. The normalized spacial score (nSPS) is 11.7. The van der Waals surface area contributed by atoms with E-state index in [0.29, 0.717) is 10.8 Å². The summed E-state index contributed by atoms with van der Waals surface area (Å²) in [6.07, 6.45) is 3.24. The van der Waals surface area contributed by atoms with Gasteiger partial charge in [-0.1, -0.05) is 23.7 Å². The van der Waals surface area contributed by atoms with Crippen LogP contribution in [0.5, 0.6) is 0 Å². The van der Waals surface area contributed by atoms with Crippen molar-refractivity contribution in [2.45, 2.75) is 13.0 Å². The fourth-order valence-electron chi connectivity index (χ4n) is 3.26. The molecule has 0 bridgehead atoms. The molecule has 1 atom stereocenters. The Bertz CT molecular complexity index is 1140. The molecule has 0 aliphatic carbocycles. The molecule has 30 heavy (non-hydrogen) atoms. The van der Waals surface area contributed by atoms with Gasteiger partial charge < -0.3 is 10.3 Å². The van der Waals surface area contributed by atoms with Gasteiger partial charge in [0.15, 0.2) is 0 Å². The third-order valence-electron chi connectivity index (χ3n) is 4.72. The lowest BCUT2D eigenvalue weighted by atomic mass is 9.95. The lowest BCUT2D eigenvalue weighted by molar-refractivity contribution is 0.0941. The summed E-state index contributed by atoms with van der Waals surface area (Å²) < 4.78 is 28.7. The summed E-state index contributed by atoms with van der Waals surface area (Å²) in [6.45, 7) is 1.41. The van der Waals surface area contributed by atoms with Gasteiger partial charge in [-0.05, 0) is 48.6 Å². The second-order valence-electron chi connectivity index (χ2n) is 6.63. The molecular weight excluding hydrogens is 428 g/mol. The first-order valence-electron chi connectivity index (χ1n) is 8.99. The predicted octanol–water partition coefficient (Wildman–Crippen LogP) is 5.63. The van der Waals surface area contributed by atoms with Gasteiger partial charge in [0, 0.05) is 28.1 Å². The first kappa shape index (κ1) is 21.9. The number of aromatic nitrogens is 1. The highest BCUT2D eigenvalue weighted by Gasteiger charge is 2.26. The average molecular weight is 446 g/mol. The van der Waals surface area contributed by atoms with Gasteiger partial charge in [-0.2, -0.15) is 17.0 Å². The predicted molar refractivity (Wildman–Crippen MR) is 116 cm³/mol. The molecule has 2 N–H and O–H groups in total. The van der Waals surface area contributed by atoms with Crippen molar-refractivity contribution in [3.8, 4) is 17.2 Å². The smallest absolute Gasteiger partial charge is 0.254 e. The quantitative estimate of drug-likeness (QED) is 0.516. The van der Waals surface area contributed by atoms with Crippen LogP contribution in [0.25, 0.3) is 11.1 Å². The summed E-state index contributed by atoms with van der Waals surface area (Å²) in [5.74, 6) is -1.27. The highest BCUT2D eigenvalue weighted by atomic mass is 35.5. The van der Waals surface area contributed by atoms with Crippen LogP contribution in [0, 0.1) is 29.9 Å². The van der Waals surface area contributed by atoms with Crippen molar-refractivity contribution in [1.82, 2.24) is 10.3 Å². The second-order valence-corrected chi connectivity index (χ2v) is 7.98. The molecule has 1 heterocycles. The Balaban J connectivity index is 2.05. The average Bonchev–Trinajstić information content (AvgIpc) is 3.14. The van der Waals surface area contributed by atoms with Crippen LogP contribution in [0.15, 0.2) is 42.6 Å². The maximum atomic E-state index is 14.6. The third-order valence-corrected chi connectivity index (χ3v) is 5.63. The summed E-state index contributed by atoms with van der Waals surface area (Å²) in [6, 6.07) is 10.7. The van der Waals surface area contributed by atoms with E-state index in [4.69, 9.17) is 11.6 Å². The molecule has 0 aliphatic heterocycles. The topological polar surface area (TPSA) is 68.7 Å². The van der Waals surface area contributed by atoms with Crippen molar-refractivity contribution < 1.29 is 13.6 Å². The van der Waals surface area contributed by atoms with Crippen LogP contribution in [0.3, 0.4) is 0 Å². The van der Waals surface area contributed by atoms with E-state index in [0.717, 1.165) is 17.7 Å². The van der Waals surface area contributed by atoms with Crippen LogP contribution in [0.4, 0.5) is 8.78 Å². The Hall–Kier alpha value is -2.82. The van der Waals surface area contributed by atoms with E-state index in [1.165, 1.54) is 24.9 Å². The highest BCUT2D eigenvalue weighted by Crippen LogP contribution is 2.34. The lowest BCUT2D eigenvalue weighted by Crippen LogP contribution is -2.30. The number of H-pyrrole nitrogens is 1. The number of amides is 1. The van der Waals surface area contributed by atoms with Gasteiger partial charge in [-0.25, -0.2) is 8.78 Å². The number of thioether (sulfide) groups is 1. The minimum absolute atomic E-state index is 0.0167. The summed E-state index contributed by atoms with van der Waals surface area (Å²) in [4.78, 5) is 15.8. The van der Waals surface area contributed by atoms with Crippen LogP contribution in [-0.2, 0) is 0 Å². The van der Waals surface area contributed by atoms with Gasteiger partial charge >= 0.3 is 0 Å². The van der Waals surface area contributed by atoms with Crippen molar-refractivity contribution in [2.24, 2.45) is 0 Å². The fourth-order valence-corrected chi connectivity index (χ4v) is 4.07. The van der Waals surface area contributed by atoms with Crippen LogP contribution < -0.4 is 5.32 Å². The molecule has 3 aromatic rings. The molecule has 2 aromatic carbocycles. The van der Waals surface area contributed by atoms with Crippen LogP contribution in [-0.4, -0.2) is 22.9 Å². The Morgan fingerprint density at radius 3 is 2.67 bits per heavy atom. The van der Waals surface area contributed by atoms with E-state index < -0.39 is 17.5 Å². The number of rotatable bonds is 6. The molecule has 1 aromatic heterocycles. The Morgan fingerprint density at radius 2 is 2.00 bits per heavy atom. The fraction of sp³-hybridized carbons (Fsp3) is 0.182. The van der Waals surface area contributed by atoms with Crippen molar-refractivity contribution in [3.05, 3.63) is 81.6 Å². The number of nitrogens with one attached hydrogen (secondary N) is 2. The Labute approximate surface area is 182 Å². The first-order valence-corrected chi connectivity index (χ1v) is 10.8. The van der Waals surface area contributed by atoms with Gasteiger partial charge in [0.05, 0.1) is 11.6 Å². The molecule has 0 aliphatic rings. The number of benzene rings is 2. The summed E-state index contributed by atoms with van der Waals surface area (Å²) in [5.41, 5.74) is 0.816. The maximum Gasteiger partial charge on any atom is 0.254 e. The molecule has 154 valence electrons. The molecule has 0 radical (unpaired) electrons. The number of carbonyl (C=O) groups excluding carboxylic acids is 1. The minimum Gasteiger partial charge on any atom is -0.352 e. The van der Waals surface area contributed by atoms with Crippen molar-refractivity contribution in [1.29, 1.82) is 5.26 Å². The van der Waals surface area contributed by atoms with Crippen molar-refractivity contribution in [2.75, 3.05) is 12.0 Å². The zero-order valence-electron chi connectivity index (χ0n) is 16.2. The standard InChI is InChI=1S/C22H18ClF2N3OS/c1-12-16(24)6-7-17(25)20(12)21-15(10-27-18(21)9-26)22(29)28-19(11-30-2)13-4-3-5-14(23)8-13/h3-8,10,19,27H,11H2,1-2H3,(H,28,29). The Kier molecular flexibility index (Phi) is 6.80. The number of hydrogen-bond donors (Lipinski definition) is 2. The van der Waals surface area contributed by atoms with Crippen LogP contribution in [0.2, 0.25) is 5.02 Å². The molecule has 4 nitrogen and oxygen atoms in total. The molecule has 0 fully saturated rings. The van der Waals surface area contributed by atoms with E-state index in [2.05, 4.69) is 10.3 Å². The van der Waals surface area contributed by atoms with Crippen molar-refractivity contribution in [3.63, 3.8) is 0 Å². The SMILES string of the molecule is CSCC(NC(=O)c1c[nH]c(C#N)c1-c1c(F)ccc(F)c1C)c1cccc(Cl)c1. The van der Waals surface area contributed by atoms with E-state index in [-0.39, 0.29) is 34.0 Å². The summed E-state index contributed by atoms with van der Waals surface area (Å²) >= 11 is 7.62. The van der Waals surface area contributed by atoms with Crippen molar-refractivity contribution >= 4 is 29.3 Å². The van der Waals surface area contributed by atoms with Gasteiger partial charge in [-0.15, -0.1) is 0 Å². The van der Waals surface area contributed by atoms with E-state index >= 15 is 0 Å². The molecule has 1 unspecified atom stereocenters. The molecule has 8 heteroatoms. The number of hydrogen-bond acceptors (Lipinski definition) is 3. The molecule has 0 saturated carbocycles. The molecule has 0 saturated heterocycles. The van der Waals surface area contributed by atoms with E-state index in [9.17, 15) is 18.8 Å². The molecule has 1 amide bonds. The zero-order valence-corrected chi connectivity index (χ0v) is 17.8. The number of carbonyl (C=O) groups is 1. The number of aromatic amines is 1. The van der Waals surface area contributed by atoms with Crippen LogP contribution in [0.1, 0.15) is 33.2 Å². The van der Waals surface area contributed by atoms with Gasteiger partial charge in [0.1, 0.15) is 23.4 Å². The molecule has 0 spiro atoms. The zero-order chi connectivity index (χ0) is 21.8. The lowest BCUT2D eigenvalue weighted by Gasteiger charge is -2.19. The second kappa shape index (κ2) is 9.33. The molecular formula is C22H18ClF2N3OS. The molecule has 3 rings (SSSR count). The highest BCUT2D eigenvalue weighted by molar-refractivity contribution is 7.98. The number of halogens is 3. The van der Waals surface area contributed by atoms with E-state index in [1.807, 2.05) is 18.4 Å². The van der Waals surface area contributed by atoms with Gasteiger partial charge in [0.2, 0.25) is 0 Å². The number of nitriles is 1. The largest absolute Gasteiger partial charge is 0.352 e. The first-order chi connectivity index (χ1) is 14.4. The van der Waals surface area contributed by atoms with Crippen LogP contribution >= 0.6 is 23.4 Å². The third kappa shape index (κ3) is 4.35. The number of nitrogens with zero attached hydrogens (tertiary/aromatic N) is 1. The van der Waals surface area contributed by atoms with Gasteiger partial charge in [-0.3, -0.25) is 4.79 Å². The van der Waals surface area contributed by atoms with Gasteiger partial charge in [0.25, 0.3) is 5.91 Å². The maximum absolute atomic E-state index is 14.6. The minimum atomic E-state index is -0.713. The van der Waals surface area contributed by atoms with E-state index in [1.54, 1.807) is 18.2 Å². The summed E-state index contributed by atoms with van der Waals surface area (Å²) in [7, 11) is 0. The monoisotopic (exact) mass is 445 g/mol.